The van der Waals surface area contributed by atoms with Crippen molar-refractivity contribution in [1.82, 2.24) is 0 Å². The molecule has 0 unspecified atom stereocenters. The second-order valence-electron chi connectivity index (χ2n) is 25.2. The molecule has 4 heteroatoms. The van der Waals surface area contributed by atoms with Crippen LogP contribution < -0.4 is 0 Å². The summed E-state index contributed by atoms with van der Waals surface area (Å²) >= 11 is 0. The van der Waals surface area contributed by atoms with Gasteiger partial charge in [0.05, 0.1) is 10.8 Å². The Balaban J connectivity index is 0.781. The molecule has 0 atom stereocenters. The van der Waals surface area contributed by atoms with E-state index in [-0.39, 0.29) is 0 Å². The maximum absolute atomic E-state index is 7.43. The van der Waals surface area contributed by atoms with E-state index in [1.807, 2.05) is 12.1 Å². The molecule has 0 aliphatic rings. The third-order valence-electron chi connectivity index (χ3n) is 20.2. The van der Waals surface area contributed by atoms with Crippen LogP contribution in [-0.2, 0) is 0 Å². The third kappa shape index (κ3) is 7.27. The van der Waals surface area contributed by atoms with E-state index in [1.165, 1.54) is 76.5 Å². The van der Waals surface area contributed by atoms with E-state index in [0.717, 1.165) is 143 Å². The fourth-order valence-corrected chi connectivity index (χ4v) is 16.1. The lowest BCUT2D eigenvalue weighted by Crippen LogP contribution is -1.92. The zero-order chi connectivity index (χ0) is 61.3. The number of rotatable bonds is 6. The molecule has 4 heterocycles. The summed E-state index contributed by atoms with van der Waals surface area (Å²) in [4.78, 5) is 0. The molecule has 0 saturated carbocycles. The van der Waals surface area contributed by atoms with Crippen molar-refractivity contribution < 1.29 is 17.7 Å². The minimum atomic E-state index is 0.773. The third-order valence-corrected chi connectivity index (χ3v) is 20.2. The van der Waals surface area contributed by atoms with Crippen LogP contribution in [0.4, 0.5) is 0 Å². The summed E-state index contributed by atoms with van der Waals surface area (Å²) in [6.07, 6.45) is 0. The normalized spacial score (nSPS) is 12.3. The van der Waals surface area contributed by atoms with Crippen molar-refractivity contribution in [3.05, 3.63) is 303 Å². The topological polar surface area (TPSA) is 52.6 Å². The Morgan fingerprint density at radius 2 is 0.553 bits per heavy atom. The van der Waals surface area contributed by atoms with E-state index in [1.54, 1.807) is 0 Å². The van der Waals surface area contributed by atoms with E-state index in [9.17, 15) is 0 Å². The average Bonchev–Trinajstić information content (AvgIpc) is 1.41. The molecule has 21 rings (SSSR count). The summed E-state index contributed by atoms with van der Waals surface area (Å²) in [6.45, 7) is 0. The Kier molecular flexibility index (Phi) is 10.6. The Morgan fingerprint density at radius 3 is 1.17 bits per heavy atom. The lowest BCUT2D eigenvalue weighted by atomic mass is 9.83. The van der Waals surface area contributed by atoms with Gasteiger partial charge in [0.25, 0.3) is 0 Å². The molecule has 0 saturated heterocycles. The standard InChI is InChI=1S/C90H50O4/c1-2-21-51(22-3-1)52-24-20-25-56(45-52)81-61-30-8-10-32-63(61)83(64-33-11-9-31-62(64)81)75-49-73-60-29-16-18-39-77(60)91-87(73)86-70-43-41-54(48-80(70)94-90(75)86)53-42-44-79-71(46-53)74-50-76(89-85(88(74)93-79)69-38-17-19-40-78(69)92-89)84-67-36-14-12-34-65(67)82(66-35-13-15-37-68(66)84)72-47-55-23-4-5-26-57(55)58-27-6-7-28-59(58)72/h1-50H. The maximum Gasteiger partial charge on any atom is 0.147 e. The fraction of sp³-hybridized carbons (Fsp3) is 0. The zero-order valence-corrected chi connectivity index (χ0v) is 50.5. The lowest BCUT2D eigenvalue weighted by molar-refractivity contribution is 0.663. The fourth-order valence-electron chi connectivity index (χ4n) is 16.1. The molecule has 0 N–H and O–H groups in total. The van der Waals surface area contributed by atoms with Crippen LogP contribution >= 0.6 is 0 Å². The highest BCUT2D eigenvalue weighted by molar-refractivity contribution is 6.33. The lowest BCUT2D eigenvalue weighted by Gasteiger charge is -2.19. The van der Waals surface area contributed by atoms with Crippen molar-refractivity contribution in [2.24, 2.45) is 0 Å². The number of hydrogen-bond donors (Lipinski definition) is 0. The maximum atomic E-state index is 7.43. The smallest absolute Gasteiger partial charge is 0.147 e. The van der Waals surface area contributed by atoms with Crippen LogP contribution in [0.1, 0.15) is 0 Å². The molecule has 0 bridgehead atoms. The van der Waals surface area contributed by atoms with Gasteiger partial charge in [0.2, 0.25) is 0 Å². The molecule has 0 amide bonds. The molecule has 434 valence electrons. The van der Waals surface area contributed by atoms with Crippen LogP contribution in [0, 0.1) is 0 Å². The van der Waals surface area contributed by atoms with Gasteiger partial charge in [-0.25, -0.2) is 0 Å². The first-order valence-electron chi connectivity index (χ1n) is 32.2. The molecule has 0 aliphatic carbocycles. The first kappa shape index (κ1) is 51.3. The van der Waals surface area contributed by atoms with Gasteiger partial charge in [0.1, 0.15) is 44.7 Å². The molecule has 17 aromatic carbocycles. The molecule has 0 radical (unpaired) electrons. The summed E-state index contributed by atoms with van der Waals surface area (Å²) in [5.74, 6) is 0. The quantitative estimate of drug-likeness (QED) is 0.123. The Labute approximate surface area is 536 Å². The van der Waals surface area contributed by atoms with Crippen LogP contribution in [0.3, 0.4) is 0 Å². The van der Waals surface area contributed by atoms with Gasteiger partial charge in [0.15, 0.2) is 0 Å². The van der Waals surface area contributed by atoms with Gasteiger partial charge in [-0.3, -0.25) is 0 Å². The van der Waals surface area contributed by atoms with Gasteiger partial charge >= 0.3 is 0 Å². The predicted molar refractivity (Wildman–Crippen MR) is 393 cm³/mol. The van der Waals surface area contributed by atoms with Crippen molar-refractivity contribution in [1.29, 1.82) is 0 Å². The molecule has 21 aromatic rings. The SMILES string of the molecule is c1ccc(-c2cccc(-c3c4ccccc4c(-c4cc5c6ccccc6oc5c5c4oc4cc(-c6ccc7oc8c(cc(-c9c%10ccccc%10c(-c%10cc%11ccccc%11c%11ccccc%10%11)c%10ccccc9%10)c9oc%10ccccc%10c98)c7c6)ccc45)c4ccccc34)c2)cc1. The molecule has 0 aliphatic heterocycles. The van der Waals surface area contributed by atoms with Crippen LogP contribution in [0.5, 0.6) is 0 Å². The number of para-hydroxylation sites is 2. The van der Waals surface area contributed by atoms with Crippen molar-refractivity contribution in [2.75, 3.05) is 0 Å². The first-order valence-corrected chi connectivity index (χ1v) is 32.2. The van der Waals surface area contributed by atoms with Crippen LogP contribution in [-0.4, -0.2) is 0 Å². The van der Waals surface area contributed by atoms with E-state index >= 15 is 0 Å². The highest BCUT2D eigenvalue weighted by atomic mass is 16.4. The molecular formula is C90H50O4. The Bertz CT molecular complexity index is 6740. The van der Waals surface area contributed by atoms with Crippen molar-refractivity contribution >= 4 is 152 Å². The molecule has 4 aromatic heterocycles. The van der Waals surface area contributed by atoms with Crippen LogP contribution in [0.2, 0.25) is 0 Å². The van der Waals surface area contributed by atoms with Crippen LogP contribution in [0.25, 0.3) is 219 Å². The van der Waals surface area contributed by atoms with E-state index in [4.69, 9.17) is 17.7 Å². The predicted octanol–water partition coefficient (Wildman–Crippen LogP) is 26.2. The molecule has 94 heavy (non-hydrogen) atoms. The van der Waals surface area contributed by atoms with Crippen LogP contribution in [0.15, 0.2) is 321 Å². The number of furan rings is 4. The van der Waals surface area contributed by atoms with E-state index in [0.29, 0.717) is 0 Å². The number of benzene rings is 17. The molecular weight excluding hydrogens is 1140 g/mol. The van der Waals surface area contributed by atoms with Gasteiger partial charge in [-0.15, -0.1) is 0 Å². The molecule has 4 nitrogen and oxygen atoms in total. The largest absolute Gasteiger partial charge is 0.455 e. The highest BCUT2D eigenvalue weighted by Crippen LogP contribution is 2.54. The summed E-state index contributed by atoms with van der Waals surface area (Å²) in [5, 5.41) is 22.3. The average molecular weight is 1200 g/mol. The second kappa shape index (κ2) is 19.5. The Hall–Kier alpha value is -12.5. The first-order chi connectivity index (χ1) is 46.6. The van der Waals surface area contributed by atoms with Gasteiger partial charge in [-0.1, -0.05) is 243 Å². The molecule has 0 fully saturated rings. The highest BCUT2D eigenvalue weighted by Gasteiger charge is 2.28. The summed E-state index contributed by atoms with van der Waals surface area (Å²) in [6, 6.07) is 110. The van der Waals surface area contributed by atoms with E-state index < -0.39 is 0 Å². The van der Waals surface area contributed by atoms with Crippen molar-refractivity contribution in [3.63, 3.8) is 0 Å². The summed E-state index contributed by atoms with van der Waals surface area (Å²) in [5.41, 5.74) is 19.9. The van der Waals surface area contributed by atoms with Gasteiger partial charge in [-0.2, -0.15) is 0 Å². The van der Waals surface area contributed by atoms with E-state index in [2.05, 4.69) is 291 Å². The summed E-state index contributed by atoms with van der Waals surface area (Å²) < 4.78 is 28.6. The zero-order valence-electron chi connectivity index (χ0n) is 50.5. The van der Waals surface area contributed by atoms with Crippen molar-refractivity contribution in [3.8, 4) is 66.8 Å². The monoisotopic (exact) mass is 1190 g/mol. The van der Waals surface area contributed by atoms with Gasteiger partial charge in [-0.05, 0) is 170 Å². The van der Waals surface area contributed by atoms with Gasteiger partial charge in [0, 0.05) is 54.6 Å². The van der Waals surface area contributed by atoms with Crippen molar-refractivity contribution in [2.45, 2.75) is 0 Å². The number of hydrogen-bond acceptors (Lipinski definition) is 4. The van der Waals surface area contributed by atoms with Gasteiger partial charge < -0.3 is 17.7 Å². The number of fused-ring (bicyclic) bond motifs is 21. The summed E-state index contributed by atoms with van der Waals surface area (Å²) in [7, 11) is 0. The second-order valence-corrected chi connectivity index (χ2v) is 25.2. The minimum Gasteiger partial charge on any atom is -0.455 e. The molecule has 0 spiro atoms. The minimum absolute atomic E-state index is 0.773. The Morgan fingerprint density at radius 1 is 0.160 bits per heavy atom.